The molecule has 1 aromatic carbocycles. The van der Waals surface area contributed by atoms with E-state index < -0.39 is 7.60 Å². The first kappa shape index (κ1) is 17.0. The minimum Gasteiger partial charge on any atom is -0.432 e. The van der Waals surface area contributed by atoms with Crippen molar-refractivity contribution in [3.8, 4) is 0 Å². The van der Waals surface area contributed by atoms with Crippen LogP contribution in [0.4, 0.5) is 0 Å². The Morgan fingerprint density at radius 2 is 1.80 bits per heavy atom. The molecule has 3 nitrogen and oxygen atoms in total. The van der Waals surface area contributed by atoms with Gasteiger partial charge in [0.25, 0.3) is 0 Å². The van der Waals surface area contributed by atoms with Gasteiger partial charge in [0.15, 0.2) is 0 Å². The Hall–Kier alpha value is -1.05. The topological polar surface area (TPSA) is 35.5 Å². The molecule has 0 bridgehead atoms. The molecule has 1 aromatic rings. The Kier molecular flexibility index (Phi) is 8.32. The summed E-state index contributed by atoms with van der Waals surface area (Å²) in [7, 11) is -2.99. The summed E-state index contributed by atoms with van der Waals surface area (Å²) < 4.78 is 23.5. The molecular formula is C16H25O3P. The van der Waals surface area contributed by atoms with Crippen molar-refractivity contribution >= 4 is 13.7 Å². The highest BCUT2D eigenvalue weighted by Gasteiger charge is 2.23. The molecule has 0 saturated carbocycles. The zero-order chi connectivity index (χ0) is 14.7. The van der Waals surface area contributed by atoms with Crippen molar-refractivity contribution in [3.05, 3.63) is 42.2 Å². The highest BCUT2D eigenvalue weighted by atomic mass is 31.2. The lowest BCUT2D eigenvalue weighted by Gasteiger charge is -2.16. The van der Waals surface area contributed by atoms with Crippen LogP contribution in [0, 0.1) is 0 Å². The van der Waals surface area contributed by atoms with E-state index in [-0.39, 0.29) is 0 Å². The monoisotopic (exact) mass is 296 g/mol. The number of hydrogen-bond donors (Lipinski definition) is 0. The normalized spacial score (nSPS) is 14.3. The van der Waals surface area contributed by atoms with E-state index in [4.69, 9.17) is 9.05 Å². The van der Waals surface area contributed by atoms with E-state index in [1.807, 2.05) is 36.4 Å². The van der Waals surface area contributed by atoms with Crippen LogP contribution in [0.15, 0.2) is 36.6 Å². The lowest BCUT2D eigenvalue weighted by atomic mass is 10.2. The molecular weight excluding hydrogens is 271 g/mol. The first-order valence-electron chi connectivity index (χ1n) is 7.34. The molecule has 0 radical (unpaired) electrons. The molecule has 0 spiro atoms. The summed E-state index contributed by atoms with van der Waals surface area (Å²) >= 11 is 0. The lowest BCUT2D eigenvalue weighted by Crippen LogP contribution is -1.99. The molecule has 0 N–H and O–H groups in total. The van der Waals surface area contributed by atoms with Crippen LogP contribution in [0.3, 0.4) is 0 Å². The van der Waals surface area contributed by atoms with E-state index in [0.717, 1.165) is 31.2 Å². The minimum atomic E-state index is -2.99. The summed E-state index contributed by atoms with van der Waals surface area (Å²) in [5.41, 5.74) is 1.02. The number of rotatable bonds is 10. The number of unbranched alkanes of at least 4 members (excludes halogenated alkanes) is 2. The van der Waals surface area contributed by atoms with Gasteiger partial charge in [0, 0.05) is 0 Å². The Balaban J connectivity index is 2.55. The van der Waals surface area contributed by atoms with Crippen molar-refractivity contribution in [3.63, 3.8) is 0 Å². The van der Waals surface area contributed by atoms with Gasteiger partial charge >= 0.3 is 7.60 Å². The maximum Gasteiger partial charge on any atom is 0.378 e. The van der Waals surface area contributed by atoms with E-state index >= 15 is 0 Å². The van der Waals surface area contributed by atoms with Crippen molar-refractivity contribution in [2.75, 3.05) is 12.8 Å². The van der Waals surface area contributed by atoms with Gasteiger partial charge in [-0.2, -0.15) is 0 Å². The molecule has 20 heavy (non-hydrogen) atoms. The highest BCUT2D eigenvalue weighted by Crippen LogP contribution is 2.49. The molecule has 1 rings (SSSR count). The molecule has 1 unspecified atom stereocenters. The third kappa shape index (κ3) is 6.93. The van der Waals surface area contributed by atoms with E-state index in [1.165, 1.54) is 6.26 Å². The highest BCUT2D eigenvalue weighted by molar-refractivity contribution is 7.53. The largest absolute Gasteiger partial charge is 0.432 e. The summed E-state index contributed by atoms with van der Waals surface area (Å²) in [4.78, 5) is 0. The minimum absolute atomic E-state index is 0.479. The zero-order valence-electron chi connectivity index (χ0n) is 12.5. The molecule has 0 aliphatic rings. The third-order valence-corrected chi connectivity index (χ3v) is 4.74. The second-order valence-corrected chi connectivity index (χ2v) is 6.83. The molecule has 0 aromatic heterocycles. The predicted molar refractivity (Wildman–Crippen MR) is 84.8 cm³/mol. The molecule has 4 heteroatoms. The fourth-order valence-corrected chi connectivity index (χ4v) is 3.27. The number of hydrogen-bond acceptors (Lipinski definition) is 3. The van der Waals surface area contributed by atoms with E-state index in [2.05, 4.69) is 13.8 Å². The first-order valence-corrected chi connectivity index (χ1v) is 9.06. The van der Waals surface area contributed by atoms with Crippen molar-refractivity contribution in [1.29, 1.82) is 0 Å². The summed E-state index contributed by atoms with van der Waals surface area (Å²) in [6.07, 6.45) is 7.54. The standard InChI is InChI=1S/C16H25O3P/c1-3-5-13-18-20(17,15-6-4-2)19-14-12-16-10-8-7-9-11-16/h7-12,14H,3-6,13,15H2,1-2H3. The predicted octanol–water partition coefficient (Wildman–Crippen LogP) is 5.48. The van der Waals surface area contributed by atoms with Crippen LogP contribution in [0.2, 0.25) is 0 Å². The molecule has 0 amide bonds. The Bertz CT molecular complexity index is 429. The maximum absolute atomic E-state index is 12.5. The van der Waals surface area contributed by atoms with E-state index in [0.29, 0.717) is 12.8 Å². The van der Waals surface area contributed by atoms with E-state index in [9.17, 15) is 4.57 Å². The second kappa shape index (κ2) is 9.79. The van der Waals surface area contributed by atoms with Gasteiger partial charge in [0.05, 0.1) is 19.0 Å². The van der Waals surface area contributed by atoms with Gasteiger partial charge in [-0.15, -0.1) is 0 Å². The van der Waals surface area contributed by atoms with Crippen molar-refractivity contribution in [2.45, 2.75) is 39.5 Å². The summed E-state index contributed by atoms with van der Waals surface area (Å²) in [5, 5.41) is 0. The van der Waals surface area contributed by atoms with Gasteiger partial charge in [-0.1, -0.05) is 57.0 Å². The second-order valence-electron chi connectivity index (χ2n) is 4.69. The summed E-state index contributed by atoms with van der Waals surface area (Å²) in [6.45, 7) is 4.64. The first-order chi connectivity index (χ1) is 9.70. The number of benzene rings is 1. The van der Waals surface area contributed by atoms with Crippen LogP contribution in [0.1, 0.15) is 45.1 Å². The van der Waals surface area contributed by atoms with Gasteiger partial charge in [-0.3, -0.25) is 4.52 Å². The summed E-state index contributed by atoms with van der Waals surface area (Å²) in [6, 6.07) is 9.80. The lowest BCUT2D eigenvalue weighted by molar-refractivity contribution is 0.245. The molecule has 0 heterocycles. The fraction of sp³-hybridized carbons (Fsp3) is 0.500. The quantitative estimate of drug-likeness (QED) is 0.325. The van der Waals surface area contributed by atoms with E-state index in [1.54, 1.807) is 0 Å². The zero-order valence-corrected chi connectivity index (χ0v) is 13.4. The van der Waals surface area contributed by atoms with Crippen LogP contribution >= 0.6 is 7.60 Å². The Morgan fingerprint density at radius 1 is 1.10 bits per heavy atom. The molecule has 0 fully saturated rings. The van der Waals surface area contributed by atoms with Gasteiger partial charge in [0.2, 0.25) is 0 Å². The van der Waals surface area contributed by atoms with Crippen molar-refractivity contribution in [2.24, 2.45) is 0 Å². The molecule has 0 aliphatic heterocycles. The van der Waals surface area contributed by atoms with Crippen LogP contribution in [0.5, 0.6) is 0 Å². The van der Waals surface area contributed by atoms with Gasteiger partial charge in [-0.05, 0) is 24.5 Å². The fourth-order valence-electron chi connectivity index (χ4n) is 1.61. The maximum atomic E-state index is 12.5. The molecule has 1 atom stereocenters. The van der Waals surface area contributed by atoms with Crippen LogP contribution < -0.4 is 0 Å². The van der Waals surface area contributed by atoms with Crippen LogP contribution in [-0.4, -0.2) is 12.8 Å². The smallest absolute Gasteiger partial charge is 0.378 e. The van der Waals surface area contributed by atoms with Gasteiger partial charge in [0.1, 0.15) is 0 Å². The molecule has 0 aliphatic carbocycles. The van der Waals surface area contributed by atoms with Crippen molar-refractivity contribution < 1.29 is 13.6 Å². The Labute approximate surface area is 122 Å². The average molecular weight is 296 g/mol. The van der Waals surface area contributed by atoms with Gasteiger partial charge < -0.3 is 4.52 Å². The summed E-state index contributed by atoms with van der Waals surface area (Å²) in [5.74, 6) is 0. The van der Waals surface area contributed by atoms with Crippen molar-refractivity contribution in [1.82, 2.24) is 0 Å². The van der Waals surface area contributed by atoms with Gasteiger partial charge in [-0.25, -0.2) is 4.57 Å². The molecule has 112 valence electrons. The molecule has 0 saturated heterocycles. The third-order valence-electron chi connectivity index (χ3n) is 2.85. The Morgan fingerprint density at radius 3 is 2.45 bits per heavy atom. The average Bonchev–Trinajstić information content (AvgIpc) is 2.47. The SMILES string of the molecule is CCCCOP(=O)(CCCC)OC=Cc1ccccc1. The van der Waals surface area contributed by atoms with Crippen LogP contribution in [-0.2, 0) is 13.6 Å². The van der Waals surface area contributed by atoms with Crippen LogP contribution in [0.25, 0.3) is 6.08 Å².